The molecule has 0 atom stereocenters. The van der Waals surface area contributed by atoms with E-state index in [-0.39, 0.29) is 6.03 Å². The monoisotopic (exact) mass is 400 g/mol. The standard InChI is InChI=1S/C19H24N6O2S/c1-24(13-14-6-3-2-4-7-14)19(26)22-10-5-11-25-17-9-8-15(27-28-21)12-16(17)23-18(25)20/h2-4,6-9,12H,5,10-11,13,21H2,1H3,(H2,20,23)(H,22,26). The number of amides is 2. The maximum absolute atomic E-state index is 12.2. The van der Waals surface area contributed by atoms with Crippen molar-refractivity contribution in [3.63, 3.8) is 0 Å². The molecule has 3 rings (SSSR count). The number of carbonyl (C=O) groups is 1. The summed E-state index contributed by atoms with van der Waals surface area (Å²) in [6.07, 6.45) is 0.734. The number of urea groups is 1. The Kier molecular flexibility index (Phi) is 6.62. The third-order valence-electron chi connectivity index (χ3n) is 4.34. The van der Waals surface area contributed by atoms with Crippen molar-refractivity contribution in [3.05, 3.63) is 54.1 Å². The maximum atomic E-state index is 12.2. The number of aromatic nitrogens is 2. The first-order valence-corrected chi connectivity index (χ1v) is 9.71. The number of hydrogen-bond donors (Lipinski definition) is 3. The van der Waals surface area contributed by atoms with E-state index in [9.17, 15) is 4.79 Å². The number of aryl methyl sites for hydroxylation is 1. The number of hydrogen-bond acceptors (Lipinski definition) is 6. The lowest BCUT2D eigenvalue weighted by molar-refractivity contribution is 0.206. The van der Waals surface area contributed by atoms with Crippen LogP contribution in [0, 0.1) is 0 Å². The van der Waals surface area contributed by atoms with Gasteiger partial charge in [0.2, 0.25) is 5.95 Å². The lowest BCUT2D eigenvalue weighted by Gasteiger charge is -2.18. The molecule has 0 spiro atoms. The molecule has 2 aromatic carbocycles. The van der Waals surface area contributed by atoms with E-state index < -0.39 is 0 Å². The molecule has 148 valence electrons. The fourth-order valence-corrected chi connectivity index (χ4v) is 3.18. The summed E-state index contributed by atoms with van der Waals surface area (Å²) in [6.45, 7) is 1.76. The van der Waals surface area contributed by atoms with Gasteiger partial charge in [0.15, 0.2) is 0 Å². The Balaban J connectivity index is 1.51. The van der Waals surface area contributed by atoms with E-state index in [4.69, 9.17) is 15.1 Å². The fraction of sp³-hybridized carbons (Fsp3) is 0.263. The summed E-state index contributed by atoms with van der Waals surface area (Å²) in [5.41, 5.74) is 8.79. The first-order valence-electron chi connectivity index (χ1n) is 8.90. The van der Waals surface area contributed by atoms with Crippen LogP contribution in [-0.4, -0.2) is 34.1 Å². The molecule has 0 aliphatic carbocycles. The van der Waals surface area contributed by atoms with Gasteiger partial charge in [-0.3, -0.25) is 0 Å². The van der Waals surface area contributed by atoms with E-state index in [1.807, 2.05) is 47.0 Å². The largest absolute Gasteiger partial charge is 0.410 e. The average Bonchev–Trinajstić information content (AvgIpc) is 3.00. The lowest BCUT2D eigenvalue weighted by Crippen LogP contribution is -2.37. The Bertz CT molecular complexity index is 931. The Morgan fingerprint density at radius 1 is 1.29 bits per heavy atom. The summed E-state index contributed by atoms with van der Waals surface area (Å²) < 4.78 is 7.13. The number of nitrogens with one attached hydrogen (secondary N) is 1. The molecular weight excluding hydrogens is 376 g/mol. The van der Waals surface area contributed by atoms with E-state index in [2.05, 4.69) is 10.3 Å². The van der Waals surface area contributed by atoms with Crippen molar-refractivity contribution in [2.24, 2.45) is 5.14 Å². The van der Waals surface area contributed by atoms with Crippen LogP contribution in [0.1, 0.15) is 12.0 Å². The number of carbonyl (C=O) groups excluding carboxylic acids is 1. The number of imidazole rings is 1. The highest BCUT2D eigenvalue weighted by Gasteiger charge is 2.11. The molecule has 28 heavy (non-hydrogen) atoms. The van der Waals surface area contributed by atoms with Crippen molar-refractivity contribution < 1.29 is 8.98 Å². The maximum Gasteiger partial charge on any atom is 0.317 e. The second-order valence-electron chi connectivity index (χ2n) is 6.38. The molecule has 0 radical (unpaired) electrons. The second-order valence-corrected chi connectivity index (χ2v) is 6.74. The van der Waals surface area contributed by atoms with Gasteiger partial charge in [0.1, 0.15) is 18.0 Å². The molecule has 3 aromatic rings. The van der Waals surface area contributed by atoms with Gasteiger partial charge < -0.3 is 24.7 Å². The minimum Gasteiger partial charge on any atom is -0.410 e. The summed E-state index contributed by atoms with van der Waals surface area (Å²) in [4.78, 5) is 18.3. The number of anilines is 1. The fourth-order valence-electron chi connectivity index (χ4n) is 2.97. The molecular formula is C19H24N6O2S. The zero-order chi connectivity index (χ0) is 19.9. The topological polar surface area (TPSA) is 111 Å². The molecule has 8 nitrogen and oxygen atoms in total. The van der Waals surface area contributed by atoms with Crippen LogP contribution in [0.5, 0.6) is 5.75 Å². The normalized spacial score (nSPS) is 10.8. The van der Waals surface area contributed by atoms with Gasteiger partial charge in [0.05, 0.1) is 11.0 Å². The number of rotatable bonds is 8. The van der Waals surface area contributed by atoms with Crippen molar-refractivity contribution in [2.75, 3.05) is 19.3 Å². The van der Waals surface area contributed by atoms with Gasteiger partial charge in [-0.1, -0.05) is 30.3 Å². The van der Waals surface area contributed by atoms with Crippen LogP contribution in [0.4, 0.5) is 10.7 Å². The third-order valence-corrected chi connectivity index (χ3v) is 4.63. The van der Waals surface area contributed by atoms with Gasteiger partial charge in [-0.25, -0.2) is 14.9 Å². The highest BCUT2D eigenvalue weighted by molar-refractivity contribution is 7.92. The quantitative estimate of drug-likeness (QED) is 0.305. The van der Waals surface area contributed by atoms with Crippen LogP contribution >= 0.6 is 12.2 Å². The Morgan fingerprint density at radius 3 is 2.82 bits per heavy atom. The van der Waals surface area contributed by atoms with E-state index in [1.165, 1.54) is 0 Å². The zero-order valence-electron chi connectivity index (χ0n) is 15.7. The van der Waals surface area contributed by atoms with Crippen LogP contribution in [0.25, 0.3) is 11.0 Å². The van der Waals surface area contributed by atoms with Crippen molar-refractivity contribution in [2.45, 2.75) is 19.5 Å². The molecule has 0 aliphatic rings. The van der Waals surface area contributed by atoms with Crippen molar-refractivity contribution in [3.8, 4) is 5.75 Å². The first-order chi connectivity index (χ1) is 13.6. The van der Waals surface area contributed by atoms with E-state index in [0.29, 0.717) is 31.3 Å². The van der Waals surface area contributed by atoms with Crippen LogP contribution in [0.3, 0.4) is 0 Å². The minimum atomic E-state index is -0.103. The predicted octanol–water partition coefficient (Wildman–Crippen LogP) is 2.75. The van der Waals surface area contributed by atoms with Gasteiger partial charge in [-0.05, 0) is 24.1 Å². The highest BCUT2D eigenvalue weighted by Crippen LogP contribution is 2.24. The second kappa shape index (κ2) is 9.34. The molecule has 1 heterocycles. The third kappa shape index (κ3) is 4.87. The van der Waals surface area contributed by atoms with Crippen LogP contribution in [0.2, 0.25) is 0 Å². The molecule has 2 amide bonds. The van der Waals surface area contributed by atoms with Crippen molar-refractivity contribution in [1.82, 2.24) is 19.8 Å². The summed E-state index contributed by atoms with van der Waals surface area (Å²) in [7, 11) is 1.78. The lowest BCUT2D eigenvalue weighted by atomic mass is 10.2. The number of nitrogens with zero attached hydrogens (tertiary/aromatic N) is 3. The number of nitrogens with two attached hydrogens (primary N) is 2. The highest BCUT2D eigenvalue weighted by atomic mass is 32.2. The van der Waals surface area contributed by atoms with E-state index in [0.717, 1.165) is 35.2 Å². The van der Waals surface area contributed by atoms with Crippen LogP contribution in [-0.2, 0) is 13.1 Å². The average molecular weight is 401 g/mol. The summed E-state index contributed by atoms with van der Waals surface area (Å²) in [5, 5.41) is 8.25. The molecule has 5 N–H and O–H groups in total. The molecule has 0 bridgehead atoms. The molecule has 0 saturated carbocycles. The van der Waals surface area contributed by atoms with Gasteiger partial charge in [0.25, 0.3) is 0 Å². The molecule has 0 fully saturated rings. The van der Waals surface area contributed by atoms with E-state index in [1.54, 1.807) is 18.0 Å². The number of benzene rings is 2. The summed E-state index contributed by atoms with van der Waals surface area (Å²) in [6, 6.07) is 15.3. The smallest absolute Gasteiger partial charge is 0.317 e. The molecule has 0 unspecified atom stereocenters. The Labute approximate surface area is 168 Å². The van der Waals surface area contributed by atoms with Gasteiger partial charge >= 0.3 is 6.03 Å². The zero-order valence-corrected chi connectivity index (χ0v) is 16.5. The molecule has 0 aliphatic heterocycles. The molecule has 9 heteroatoms. The number of nitrogen functional groups attached to an aromatic ring is 1. The Hall–Kier alpha value is -2.91. The van der Waals surface area contributed by atoms with Gasteiger partial charge in [-0.15, -0.1) is 0 Å². The SMILES string of the molecule is CN(Cc1ccccc1)C(=O)NCCCn1c(N)nc2cc(OSN)ccc21. The first kappa shape index (κ1) is 19.8. The van der Waals surface area contributed by atoms with Gasteiger partial charge in [0, 0.05) is 32.7 Å². The van der Waals surface area contributed by atoms with Crippen molar-refractivity contribution >= 4 is 35.2 Å². The van der Waals surface area contributed by atoms with Gasteiger partial charge in [-0.2, -0.15) is 0 Å². The number of fused-ring (bicyclic) bond motifs is 1. The van der Waals surface area contributed by atoms with Crippen molar-refractivity contribution in [1.29, 1.82) is 0 Å². The molecule has 0 saturated heterocycles. The predicted molar refractivity (Wildman–Crippen MR) is 112 cm³/mol. The minimum absolute atomic E-state index is 0.103. The summed E-state index contributed by atoms with van der Waals surface area (Å²) in [5.74, 6) is 1.05. The molecule has 1 aromatic heterocycles. The summed E-state index contributed by atoms with van der Waals surface area (Å²) >= 11 is 0.786. The van der Waals surface area contributed by atoms with Crippen LogP contribution in [0.15, 0.2) is 48.5 Å². The van der Waals surface area contributed by atoms with E-state index >= 15 is 0 Å². The Morgan fingerprint density at radius 2 is 2.07 bits per heavy atom. The van der Waals surface area contributed by atoms with Crippen LogP contribution < -0.4 is 20.4 Å².